The molecule has 1 aliphatic heterocycles. The molecule has 0 spiro atoms. The van der Waals surface area contributed by atoms with Gasteiger partial charge in [0.1, 0.15) is 0 Å². The lowest BCUT2D eigenvalue weighted by Gasteiger charge is -2.26. The number of nitrogens with one attached hydrogen (secondary N) is 2. The maximum atomic E-state index is 12.0. The van der Waals surface area contributed by atoms with Gasteiger partial charge < -0.3 is 10.2 Å². The molecule has 4 heteroatoms. The summed E-state index contributed by atoms with van der Waals surface area (Å²) < 4.78 is 0.947. The molecule has 2 N–H and O–H groups in total. The molecule has 0 unspecified atom stereocenters. The van der Waals surface area contributed by atoms with Crippen molar-refractivity contribution >= 4 is 27.5 Å². The van der Waals surface area contributed by atoms with Gasteiger partial charge in [-0.2, -0.15) is 0 Å². The third-order valence-electron chi connectivity index (χ3n) is 3.79. The predicted molar refractivity (Wildman–Crippen MR) is 81.5 cm³/mol. The van der Waals surface area contributed by atoms with E-state index in [0.717, 1.165) is 29.2 Å². The second-order valence-corrected chi connectivity index (χ2v) is 6.50. The van der Waals surface area contributed by atoms with Gasteiger partial charge in [0, 0.05) is 4.47 Å². The van der Waals surface area contributed by atoms with E-state index in [-0.39, 0.29) is 5.91 Å². The highest BCUT2D eigenvalue weighted by molar-refractivity contribution is 9.10. The highest BCUT2D eigenvalue weighted by atomic mass is 79.9. The number of benzene rings is 1. The van der Waals surface area contributed by atoms with Crippen LogP contribution in [0.2, 0.25) is 0 Å². The molecule has 1 aliphatic rings. The lowest BCUT2D eigenvalue weighted by Crippen LogP contribution is -3.14. The molecule has 0 saturated carbocycles. The Bertz CT molecular complexity index is 453. The Kier molecular flexibility index (Phi) is 4.99. The number of hydrogen-bond acceptors (Lipinski definition) is 1. The van der Waals surface area contributed by atoms with Crippen LogP contribution in [0, 0.1) is 12.8 Å². The summed E-state index contributed by atoms with van der Waals surface area (Å²) in [6.07, 6.45) is 2.47. The first kappa shape index (κ1) is 14.5. The van der Waals surface area contributed by atoms with E-state index in [1.165, 1.54) is 23.3 Å². The molecule has 0 atom stereocenters. The topological polar surface area (TPSA) is 33.5 Å². The summed E-state index contributed by atoms with van der Waals surface area (Å²) in [6, 6.07) is 5.98. The number of halogens is 1. The smallest absolute Gasteiger partial charge is 0.279 e. The first-order chi connectivity index (χ1) is 9.04. The van der Waals surface area contributed by atoms with E-state index in [4.69, 9.17) is 0 Å². The number of anilines is 1. The molecular formula is C15H22BrN2O+. The van der Waals surface area contributed by atoms with Crippen LogP contribution in [-0.4, -0.2) is 25.5 Å². The lowest BCUT2D eigenvalue weighted by molar-refractivity contribution is -0.897. The van der Waals surface area contributed by atoms with Crippen molar-refractivity contribution < 1.29 is 9.69 Å². The van der Waals surface area contributed by atoms with Crippen LogP contribution < -0.4 is 10.2 Å². The molecule has 19 heavy (non-hydrogen) atoms. The Labute approximate surface area is 123 Å². The second-order valence-electron chi connectivity index (χ2n) is 5.64. The standard InChI is InChI=1S/C15H21BrN2O/c1-11-5-7-18(8-6-11)10-15(19)17-14-4-3-12(2)9-13(14)16/h3-4,9,11H,5-8,10H2,1-2H3,(H,17,19)/p+1. The van der Waals surface area contributed by atoms with Gasteiger partial charge in [-0.1, -0.05) is 13.0 Å². The minimum absolute atomic E-state index is 0.106. The Morgan fingerprint density at radius 2 is 2.11 bits per heavy atom. The highest BCUT2D eigenvalue weighted by Gasteiger charge is 2.21. The van der Waals surface area contributed by atoms with Gasteiger partial charge in [-0.05, 0) is 59.3 Å². The van der Waals surface area contributed by atoms with Crippen LogP contribution in [0.25, 0.3) is 0 Å². The molecule has 3 nitrogen and oxygen atoms in total. The summed E-state index contributed by atoms with van der Waals surface area (Å²) in [5.41, 5.74) is 2.04. The van der Waals surface area contributed by atoms with Crippen molar-refractivity contribution in [1.29, 1.82) is 0 Å². The van der Waals surface area contributed by atoms with E-state index < -0.39 is 0 Å². The zero-order valence-corrected chi connectivity index (χ0v) is 13.2. The van der Waals surface area contributed by atoms with Crippen molar-refractivity contribution in [2.24, 2.45) is 5.92 Å². The van der Waals surface area contributed by atoms with Crippen molar-refractivity contribution in [3.8, 4) is 0 Å². The van der Waals surface area contributed by atoms with Crippen LogP contribution in [-0.2, 0) is 4.79 Å². The number of aryl methyl sites for hydroxylation is 1. The maximum absolute atomic E-state index is 12.0. The Morgan fingerprint density at radius 3 is 2.74 bits per heavy atom. The van der Waals surface area contributed by atoms with E-state index in [1.54, 1.807) is 0 Å². The van der Waals surface area contributed by atoms with E-state index in [0.29, 0.717) is 6.54 Å². The SMILES string of the molecule is Cc1ccc(NC(=O)C[NH+]2CCC(C)CC2)c(Br)c1. The molecule has 2 rings (SSSR count). The summed E-state index contributed by atoms with van der Waals surface area (Å²) in [5.74, 6) is 0.923. The summed E-state index contributed by atoms with van der Waals surface area (Å²) in [6.45, 7) is 7.13. The number of piperidine rings is 1. The third kappa shape index (κ3) is 4.32. The summed E-state index contributed by atoms with van der Waals surface area (Å²) >= 11 is 3.49. The van der Waals surface area contributed by atoms with Gasteiger partial charge in [0.2, 0.25) is 0 Å². The van der Waals surface area contributed by atoms with Crippen LogP contribution in [0.3, 0.4) is 0 Å². The van der Waals surface area contributed by atoms with E-state index in [9.17, 15) is 4.79 Å². The summed E-state index contributed by atoms with van der Waals surface area (Å²) in [7, 11) is 0. The Morgan fingerprint density at radius 1 is 1.42 bits per heavy atom. The van der Waals surface area contributed by atoms with Crippen LogP contribution >= 0.6 is 15.9 Å². The zero-order valence-electron chi connectivity index (χ0n) is 11.6. The van der Waals surface area contributed by atoms with Crippen LogP contribution in [0.15, 0.2) is 22.7 Å². The van der Waals surface area contributed by atoms with Gasteiger partial charge in [-0.25, -0.2) is 0 Å². The van der Waals surface area contributed by atoms with Gasteiger partial charge in [0.15, 0.2) is 6.54 Å². The number of quaternary nitrogens is 1. The average Bonchev–Trinajstić information content (AvgIpc) is 2.36. The maximum Gasteiger partial charge on any atom is 0.279 e. The van der Waals surface area contributed by atoms with Gasteiger partial charge in [0.05, 0.1) is 18.8 Å². The Hall–Kier alpha value is -0.870. The van der Waals surface area contributed by atoms with E-state index in [2.05, 4.69) is 28.2 Å². The molecular weight excluding hydrogens is 304 g/mol. The molecule has 1 fully saturated rings. The summed E-state index contributed by atoms with van der Waals surface area (Å²) in [4.78, 5) is 13.4. The molecule has 1 amide bonds. The molecule has 0 radical (unpaired) electrons. The Balaban J connectivity index is 1.87. The van der Waals surface area contributed by atoms with E-state index in [1.807, 2.05) is 25.1 Å². The fourth-order valence-corrected chi connectivity index (χ4v) is 3.08. The van der Waals surface area contributed by atoms with Crippen molar-refractivity contribution in [3.05, 3.63) is 28.2 Å². The number of amides is 1. The zero-order chi connectivity index (χ0) is 13.8. The monoisotopic (exact) mass is 325 g/mol. The molecule has 0 aromatic heterocycles. The molecule has 1 aromatic rings. The average molecular weight is 326 g/mol. The second kappa shape index (κ2) is 6.53. The number of carbonyl (C=O) groups is 1. The van der Waals surface area contributed by atoms with Crippen LogP contribution in [0.5, 0.6) is 0 Å². The van der Waals surface area contributed by atoms with Crippen molar-refractivity contribution in [2.45, 2.75) is 26.7 Å². The lowest BCUT2D eigenvalue weighted by atomic mass is 9.99. The van der Waals surface area contributed by atoms with E-state index >= 15 is 0 Å². The largest absolute Gasteiger partial charge is 0.327 e. The number of rotatable bonds is 3. The summed E-state index contributed by atoms with van der Waals surface area (Å²) in [5, 5.41) is 2.99. The molecule has 0 aliphatic carbocycles. The van der Waals surface area contributed by atoms with Crippen molar-refractivity contribution in [2.75, 3.05) is 25.0 Å². The van der Waals surface area contributed by atoms with Crippen LogP contribution in [0.1, 0.15) is 25.3 Å². The first-order valence-electron chi connectivity index (χ1n) is 6.94. The molecule has 1 saturated heterocycles. The minimum Gasteiger partial charge on any atom is -0.327 e. The first-order valence-corrected chi connectivity index (χ1v) is 7.73. The molecule has 0 bridgehead atoms. The van der Waals surface area contributed by atoms with Gasteiger partial charge in [0.25, 0.3) is 5.91 Å². The number of likely N-dealkylation sites (tertiary alicyclic amines) is 1. The van der Waals surface area contributed by atoms with Gasteiger partial charge >= 0.3 is 0 Å². The minimum atomic E-state index is 0.106. The molecule has 1 heterocycles. The molecule has 1 aromatic carbocycles. The quantitative estimate of drug-likeness (QED) is 0.875. The van der Waals surface area contributed by atoms with Gasteiger partial charge in [-0.15, -0.1) is 0 Å². The fraction of sp³-hybridized carbons (Fsp3) is 0.533. The van der Waals surface area contributed by atoms with Crippen molar-refractivity contribution in [3.63, 3.8) is 0 Å². The number of carbonyl (C=O) groups excluding carboxylic acids is 1. The molecule has 104 valence electrons. The van der Waals surface area contributed by atoms with Crippen LogP contribution in [0.4, 0.5) is 5.69 Å². The fourth-order valence-electron chi connectivity index (χ4n) is 2.49. The highest BCUT2D eigenvalue weighted by Crippen LogP contribution is 2.23. The predicted octanol–water partition coefficient (Wildman–Crippen LogP) is 2.01. The van der Waals surface area contributed by atoms with Crippen molar-refractivity contribution in [1.82, 2.24) is 0 Å². The number of hydrogen-bond donors (Lipinski definition) is 2. The van der Waals surface area contributed by atoms with Gasteiger partial charge in [-0.3, -0.25) is 4.79 Å². The third-order valence-corrected chi connectivity index (χ3v) is 4.45. The normalized spacial score (nSPS) is 23.1.